The summed E-state index contributed by atoms with van der Waals surface area (Å²) in [5.41, 5.74) is 2.22. The number of carbonyl (C=O) groups excluding carboxylic acids is 1. The Labute approximate surface area is 138 Å². The largest absolute Gasteiger partial charge is 0.364 e. The highest BCUT2D eigenvalue weighted by atomic mass is 19.1. The van der Waals surface area contributed by atoms with Crippen molar-refractivity contribution in [1.29, 1.82) is 0 Å². The fourth-order valence-electron chi connectivity index (χ4n) is 2.36. The normalized spacial score (nSPS) is 11.1. The number of ether oxygens (including phenoxy) is 1. The zero-order valence-corrected chi connectivity index (χ0v) is 13.5. The summed E-state index contributed by atoms with van der Waals surface area (Å²) in [6.07, 6.45) is 3.58. The van der Waals surface area contributed by atoms with Crippen LogP contribution < -0.4 is 0 Å². The van der Waals surface area contributed by atoms with Crippen molar-refractivity contribution in [2.75, 3.05) is 13.7 Å². The smallest absolute Gasteiger partial charge is 0.248 e. The number of nitrogens with one attached hydrogen (secondary N) is 1. The lowest BCUT2D eigenvalue weighted by atomic mass is 10.3. The van der Waals surface area contributed by atoms with Gasteiger partial charge in [0.1, 0.15) is 24.9 Å². The predicted octanol–water partition coefficient (Wildman–Crippen LogP) is 1.61. The Morgan fingerprint density at radius 1 is 1.46 bits per heavy atom. The SMILES string of the molecule is CN(Cc1cnn(C)c1)C(=O)COCc1nc2ccc(F)cc2[nH]1. The Bertz CT molecular complexity index is 857. The summed E-state index contributed by atoms with van der Waals surface area (Å²) < 4.78 is 20.2. The average Bonchev–Trinajstić information content (AvgIpc) is 3.12. The van der Waals surface area contributed by atoms with Gasteiger partial charge < -0.3 is 14.6 Å². The van der Waals surface area contributed by atoms with Gasteiger partial charge in [0.2, 0.25) is 5.91 Å². The maximum Gasteiger partial charge on any atom is 0.248 e. The van der Waals surface area contributed by atoms with Crippen molar-refractivity contribution in [2.24, 2.45) is 7.05 Å². The second kappa shape index (κ2) is 6.79. The lowest BCUT2D eigenvalue weighted by Gasteiger charge is -2.15. The van der Waals surface area contributed by atoms with E-state index in [1.165, 1.54) is 12.1 Å². The highest BCUT2D eigenvalue weighted by Crippen LogP contribution is 2.13. The number of likely N-dealkylation sites (N-methyl/N-ethyl adjacent to an activating group) is 1. The molecule has 2 heterocycles. The predicted molar refractivity (Wildman–Crippen MR) is 85.4 cm³/mol. The number of hydrogen-bond acceptors (Lipinski definition) is 4. The van der Waals surface area contributed by atoms with Crippen LogP contribution in [0.5, 0.6) is 0 Å². The van der Waals surface area contributed by atoms with Crippen LogP contribution in [-0.4, -0.2) is 44.2 Å². The number of nitrogens with zero attached hydrogens (tertiary/aromatic N) is 4. The van der Waals surface area contributed by atoms with Crippen LogP contribution >= 0.6 is 0 Å². The Morgan fingerprint density at radius 3 is 3.04 bits per heavy atom. The number of amides is 1. The molecule has 0 unspecified atom stereocenters. The summed E-state index contributed by atoms with van der Waals surface area (Å²) in [6, 6.07) is 4.32. The number of halogens is 1. The number of aromatic nitrogens is 4. The molecule has 1 aromatic carbocycles. The molecule has 8 heteroatoms. The number of imidazole rings is 1. The van der Waals surface area contributed by atoms with Crippen LogP contribution in [0.25, 0.3) is 11.0 Å². The molecule has 0 spiro atoms. The first-order chi connectivity index (χ1) is 11.5. The van der Waals surface area contributed by atoms with Gasteiger partial charge in [-0.2, -0.15) is 5.10 Å². The molecule has 2 aromatic heterocycles. The topological polar surface area (TPSA) is 76.0 Å². The van der Waals surface area contributed by atoms with Crippen molar-refractivity contribution in [3.05, 3.63) is 47.8 Å². The number of fused-ring (bicyclic) bond motifs is 1. The van der Waals surface area contributed by atoms with Gasteiger partial charge >= 0.3 is 0 Å². The molecule has 0 aliphatic carbocycles. The van der Waals surface area contributed by atoms with E-state index in [1.807, 2.05) is 13.2 Å². The van der Waals surface area contributed by atoms with Gasteiger partial charge in [-0.15, -0.1) is 0 Å². The van der Waals surface area contributed by atoms with E-state index in [0.717, 1.165) is 5.56 Å². The number of rotatable bonds is 6. The minimum absolute atomic E-state index is 0.0534. The Hall–Kier alpha value is -2.74. The van der Waals surface area contributed by atoms with Gasteiger partial charge in [0.15, 0.2) is 0 Å². The van der Waals surface area contributed by atoms with Gasteiger partial charge in [0, 0.05) is 32.4 Å². The van der Waals surface area contributed by atoms with Crippen LogP contribution in [0.4, 0.5) is 4.39 Å². The number of aromatic amines is 1. The van der Waals surface area contributed by atoms with Crippen LogP contribution in [0, 0.1) is 5.82 Å². The van der Waals surface area contributed by atoms with Crippen LogP contribution in [0.1, 0.15) is 11.4 Å². The molecule has 1 amide bonds. The van der Waals surface area contributed by atoms with Gasteiger partial charge in [-0.3, -0.25) is 9.48 Å². The van der Waals surface area contributed by atoms with E-state index in [2.05, 4.69) is 15.1 Å². The first kappa shape index (κ1) is 16.1. The fraction of sp³-hybridized carbons (Fsp3) is 0.312. The van der Waals surface area contributed by atoms with Crippen LogP contribution in [0.3, 0.4) is 0 Å². The van der Waals surface area contributed by atoms with E-state index in [4.69, 9.17) is 4.74 Å². The molecule has 0 aliphatic rings. The molecule has 0 saturated carbocycles. The number of H-pyrrole nitrogens is 1. The molecule has 0 fully saturated rings. The summed E-state index contributed by atoms with van der Waals surface area (Å²) >= 11 is 0. The average molecular weight is 331 g/mol. The van der Waals surface area contributed by atoms with E-state index in [-0.39, 0.29) is 24.9 Å². The van der Waals surface area contributed by atoms with Gasteiger partial charge in [0.05, 0.1) is 17.2 Å². The van der Waals surface area contributed by atoms with Crippen molar-refractivity contribution in [3.8, 4) is 0 Å². The van der Waals surface area contributed by atoms with E-state index in [1.54, 1.807) is 28.9 Å². The molecule has 24 heavy (non-hydrogen) atoms. The molecule has 126 valence electrons. The monoisotopic (exact) mass is 331 g/mol. The Balaban J connectivity index is 1.50. The molecule has 1 N–H and O–H groups in total. The lowest BCUT2D eigenvalue weighted by molar-refractivity contribution is -0.135. The van der Waals surface area contributed by atoms with Crippen molar-refractivity contribution < 1.29 is 13.9 Å². The molecule has 0 radical (unpaired) electrons. The summed E-state index contributed by atoms with van der Waals surface area (Å²) in [6.45, 7) is 0.574. The summed E-state index contributed by atoms with van der Waals surface area (Å²) in [5.74, 6) is 0.0881. The second-order valence-corrected chi connectivity index (χ2v) is 5.61. The number of benzene rings is 1. The standard InChI is InChI=1S/C16H18FN5O2/c1-21(7-11-6-18-22(2)8-11)16(23)10-24-9-15-19-13-4-3-12(17)5-14(13)20-15/h3-6,8H,7,9-10H2,1-2H3,(H,19,20). The molecule has 0 atom stereocenters. The van der Waals surface area contributed by atoms with E-state index < -0.39 is 0 Å². The van der Waals surface area contributed by atoms with E-state index in [0.29, 0.717) is 23.4 Å². The van der Waals surface area contributed by atoms with Crippen LogP contribution in [0.2, 0.25) is 0 Å². The third-order valence-corrected chi connectivity index (χ3v) is 3.56. The molecule has 0 aliphatic heterocycles. The summed E-state index contributed by atoms with van der Waals surface area (Å²) in [7, 11) is 3.54. The number of hydrogen-bond donors (Lipinski definition) is 1. The zero-order chi connectivity index (χ0) is 17.1. The minimum atomic E-state index is -0.328. The van der Waals surface area contributed by atoms with Crippen molar-refractivity contribution in [1.82, 2.24) is 24.6 Å². The second-order valence-electron chi connectivity index (χ2n) is 5.61. The maximum atomic E-state index is 13.1. The van der Waals surface area contributed by atoms with Crippen molar-refractivity contribution in [2.45, 2.75) is 13.2 Å². The molecule has 3 rings (SSSR count). The number of aryl methyl sites for hydroxylation is 1. The molecule has 0 bridgehead atoms. The van der Waals surface area contributed by atoms with Gasteiger partial charge in [-0.1, -0.05) is 0 Å². The first-order valence-corrected chi connectivity index (χ1v) is 7.44. The first-order valence-electron chi connectivity index (χ1n) is 7.44. The molecular formula is C16H18FN5O2. The van der Waals surface area contributed by atoms with Gasteiger partial charge in [0.25, 0.3) is 0 Å². The van der Waals surface area contributed by atoms with Gasteiger partial charge in [-0.25, -0.2) is 9.37 Å². The summed E-state index contributed by atoms with van der Waals surface area (Å²) in [4.78, 5) is 20.9. The van der Waals surface area contributed by atoms with Gasteiger partial charge in [-0.05, 0) is 18.2 Å². The maximum absolute atomic E-state index is 13.1. The molecule has 3 aromatic rings. The highest BCUT2D eigenvalue weighted by Gasteiger charge is 2.11. The number of carbonyl (C=O) groups is 1. The zero-order valence-electron chi connectivity index (χ0n) is 13.5. The third-order valence-electron chi connectivity index (χ3n) is 3.56. The fourth-order valence-corrected chi connectivity index (χ4v) is 2.36. The minimum Gasteiger partial charge on any atom is -0.364 e. The lowest BCUT2D eigenvalue weighted by Crippen LogP contribution is -2.29. The molecular weight excluding hydrogens is 313 g/mol. The molecule has 7 nitrogen and oxygen atoms in total. The van der Waals surface area contributed by atoms with Crippen molar-refractivity contribution in [3.63, 3.8) is 0 Å². The Morgan fingerprint density at radius 2 is 2.29 bits per heavy atom. The van der Waals surface area contributed by atoms with Crippen molar-refractivity contribution >= 4 is 16.9 Å². The van der Waals surface area contributed by atoms with E-state index in [9.17, 15) is 9.18 Å². The highest BCUT2D eigenvalue weighted by molar-refractivity contribution is 5.77. The van der Waals surface area contributed by atoms with Crippen LogP contribution in [0.15, 0.2) is 30.6 Å². The third kappa shape index (κ3) is 3.77. The van der Waals surface area contributed by atoms with Crippen LogP contribution in [-0.2, 0) is 29.7 Å². The quantitative estimate of drug-likeness (QED) is 0.744. The molecule has 0 saturated heterocycles. The van der Waals surface area contributed by atoms with E-state index >= 15 is 0 Å². The Kier molecular flexibility index (Phi) is 4.57. The summed E-state index contributed by atoms with van der Waals surface area (Å²) in [5, 5.41) is 4.07.